The molecule has 3 nitrogen and oxygen atoms in total. The second-order valence-corrected chi connectivity index (χ2v) is 11.3. The lowest BCUT2D eigenvalue weighted by atomic mass is 9.68. The van der Waals surface area contributed by atoms with Gasteiger partial charge in [0.15, 0.2) is 13.1 Å². The van der Waals surface area contributed by atoms with E-state index in [1.165, 1.54) is 55.0 Å². The number of fused-ring (bicyclic) bond motifs is 6. The zero-order valence-electron chi connectivity index (χ0n) is 23.9. The SMILES string of the molecule is [B]1c2ccccc2-c2cc(-c3ccc4c(c3)c3ccccc3n4-c3cccc(-c4nccc(-c5ccccc5)n4)c3)ccc21. The summed E-state index contributed by atoms with van der Waals surface area (Å²) < 4.78 is 2.35. The smallest absolute Gasteiger partial charge is 0.193 e. The predicted molar refractivity (Wildman–Crippen MR) is 183 cm³/mol. The molecule has 203 valence electrons. The molecule has 1 aliphatic heterocycles. The number of para-hydroxylation sites is 1. The van der Waals surface area contributed by atoms with Gasteiger partial charge in [-0.15, -0.1) is 0 Å². The third-order valence-corrected chi connectivity index (χ3v) is 8.71. The van der Waals surface area contributed by atoms with Crippen LogP contribution in [-0.2, 0) is 0 Å². The van der Waals surface area contributed by atoms with E-state index in [9.17, 15) is 0 Å². The van der Waals surface area contributed by atoms with E-state index in [1.54, 1.807) is 0 Å². The number of hydrogen-bond acceptors (Lipinski definition) is 2. The second kappa shape index (κ2) is 9.93. The summed E-state index contributed by atoms with van der Waals surface area (Å²) in [5, 5.41) is 2.47. The van der Waals surface area contributed by atoms with Crippen LogP contribution in [0.2, 0.25) is 0 Å². The molecule has 0 N–H and O–H groups in total. The van der Waals surface area contributed by atoms with Crippen molar-refractivity contribution in [3.05, 3.63) is 152 Å². The molecular weight excluding hydrogens is 533 g/mol. The molecule has 0 aliphatic carbocycles. The highest BCUT2D eigenvalue weighted by Gasteiger charge is 2.20. The minimum Gasteiger partial charge on any atom is -0.309 e. The van der Waals surface area contributed by atoms with E-state index in [4.69, 9.17) is 4.98 Å². The third-order valence-electron chi connectivity index (χ3n) is 8.71. The van der Waals surface area contributed by atoms with Gasteiger partial charge in [-0.1, -0.05) is 114 Å². The quantitative estimate of drug-likeness (QED) is 0.204. The summed E-state index contributed by atoms with van der Waals surface area (Å²) in [6, 6.07) is 51.7. The molecule has 0 spiro atoms. The first kappa shape index (κ1) is 24.8. The van der Waals surface area contributed by atoms with E-state index in [-0.39, 0.29) is 0 Å². The Morgan fingerprint density at radius 3 is 2.18 bits per heavy atom. The summed E-state index contributed by atoms with van der Waals surface area (Å²) in [5.74, 6) is 0.715. The molecule has 0 fully saturated rings. The minimum absolute atomic E-state index is 0.715. The molecule has 0 unspecified atom stereocenters. The normalized spacial score (nSPS) is 11.8. The van der Waals surface area contributed by atoms with Crippen LogP contribution in [-0.4, -0.2) is 21.8 Å². The van der Waals surface area contributed by atoms with Crippen molar-refractivity contribution in [1.29, 1.82) is 0 Å². The second-order valence-electron chi connectivity index (χ2n) is 11.3. The molecule has 4 heteroatoms. The average molecular weight is 558 g/mol. The number of hydrogen-bond donors (Lipinski definition) is 0. The van der Waals surface area contributed by atoms with Crippen molar-refractivity contribution in [2.45, 2.75) is 0 Å². The maximum absolute atomic E-state index is 4.92. The highest BCUT2D eigenvalue weighted by Crippen LogP contribution is 2.36. The van der Waals surface area contributed by atoms with E-state index in [1.807, 2.05) is 30.5 Å². The number of rotatable bonds is 4. The van der Waals surface area contributed by atoms with Gasteiger partial charge in [0.05, 0.1) is 16.7 Å². The van der Waals surface area contributed by atoms with Crippen molar-refractivity contribution in [1.82, 2.24) is 14.5 Å². The Morgan fingerprint density at radius 2 is 1.23 bits per heavy atom. The van der Waals surface area contributed by atoms with E-state index < -0.39 is 0 Å². The number of benzene rings is 6. The van der Waals surface area contributed by atoms with E-state index >= 15 is 0 Å². The molecule has 8 aromatic rings. The van der Waals surface area contributed by atoms with Gasteiger partial charge in [0, 0.05) is 33.8 Å². The van der Waals surface area contributed by atoms with Crippen molar-refractivity contribution in [2.75, 3.05) is 0 Å². The van der Waals surface area contributed by atoms with E-state index in [2.05, 4.69) is 138 Å². The first-order chi connectivity index (χ1) is 21.8. The van der Waals surface area contributed by atoms with Gasteiger partial charge >= 0.3 is 0 Å². The summed E-state index contributed by atoms with van der Waals surface area (Å²) in [4.78, 5) is 9.57. The van der Waals surface area contributed by atoms with Gasteiger partial charge in [0.1, 0.15) is 0 Å². The fourth-order valence-corrected chi connectivity index (χ4v) is 6.61. The lowest BCUT2D eigenvalue weighted by molar-refractivity contribution is 1.16. The Morgan fingerprint density at radius 1 is 0.477 bits per heavy atom. The largest absolute Gasteiger partial charge is 0.309 e. The van der Waals surface area contributed by atoms with Crippen LogP contribution in [0.3, 0.4) is 0 Å². The Balaban J connectivity index is 1.16. The molecular formula is C40H25BN3. The minimum atomic E-state index is 0.715. The summed E-state index contributed by atoms with van der Waals surface area (Å²) in [7, 11) is 2.28. The van der Waals surface area contributed by atoms with Crippen molar-refractivity contribution < 1.29 is 0 Å². The van der Waals surface area contributed by atoms with Gasteiger partial charge in [0.2, 0.25) is 0 Å². The highest BCUT2D eigenvalue weighted by atomic mass is 15.0. The van der Waals surface area contributed by atoms with Crippen molar-refractivity contribution in [2.24, 2.45) is 0 Å². The Bertz CT molecular complexity index is 2370. The zero-order chi connectivity index (χ0) is 29.0. The molecule has 1 radical (unpaired) electrons. The van der Waals surface area contributed by atoms with Crippen molar-refractivity contribution >= 4 is 40.0 Å². The van der Waals surface area contributed by atoms with Gasteiger partial charge < -0.3 is 4.57 Å². The molecule has 44 heavy (non-hydrogen) atoms. The summed E-state index contributed by atoms with van der Waals surface area (Å²) in [6.45, 7) is 0. The lowest BCUT2D eigenvalue weighted by Crippen LogP contribution is -2.20. The fraction of sp³-hybridized carbons (Fsp3) is 0. The summed E-state index contributed by atoms with van der Waals surface area (Å²) in [6.07, 6.45) is 1.84. The van der Waals surface area contributed by atoms with Crippen LogP contribution >= 0.6 is 0 Å². The first-order valence-corrected chi connectivity index (χ1v) is 14.9. The Labute approximate surface area is 256 Å². The molecule has 0 amide bonds. The fourth-order valence-electron chi connectivity index (χ4n) is 6.61. The maximum Gasteiger partial charge on any atom is 0.193 e. The molecule has 1 aliphatic rings. The van der Waals surface area contributed by atoms with Crippen LogP contribution in [0, 0.1) is 0 Å². The van der Waals surface area contributed by atoms with Gasteiger partial charge in [-0.05, 0) is 64.7 Å². The number of aromatic nitrogens is 3. The standard InChI is InChI=1S/C40H25BN3/c1-2-9-26(10-3-1)37-21-22-42-40(43-37)29-11-8-12-30(23-29)44-38-16-7-5-14-32(38)34-25-28(18-20-39(34)44)27-17-19-36-33(24-27)31-13-4-6-15-35(31)41-36/h1-25H. The van der Waals surface area contributed by atoms with Crippen LogP contribution in [0.15, 0.2) is 152 Å². The molecule has 0 atom stereocenters. The van der Waals surface area contributed by atoms with E-state index in [0.717, 1.165) is 22.5 Å². The lowest BCUT2D eigenvalue weighted by Gasteiger charge is -2.11. The van der Waals surface area contributed by atoms with Crippen molar-refractivity contribution in [3.8, 4) is 50.6 Å². The van der Waals surface area contributed by atoms with Gasteiger partial charge in [-0.3, -0.25) is 0 Å². The van der Waals surface area contributed by atoms with Gasteiger partial charge in [-0.25, -0.2) is 9.97 Å². The predicted octanol–water partition coefficient (Wildman–Crippen LogP) is 8.21. The summed E-state index contributed by atoms with van der Waals surface area (Å²) in [5.41, 5.74) is 14.0. The Kier molecular flexibility index (Phi) is 5.60. The third kappa shape index (κ3) is 3.99. The van der Waals surface area contributed by atoms with Crippen LogP contribution in [0.25, 0.3) is 72.4 Å². The average Bonchev–Trinajstić information content (AvgIpc) is 3.64. The highest BCUT2D eigenvalue weighted by molar-refractivity contribution is 6.73. The monoisotopic (exact) mass is 558 g/mol. The van der Waals surface area contributed by atoms with Crippen LogP contribution < -0.4 is 10.9 Å². The van der Waals surface area contributed by atoms with Crippen molar-refractivity contribution in [3.63, 3.8) is 0 Å². The summed E-state index contributed by atoms with van der Waals surface area (Å²) >= 11 is 0. The molecule has 0 bridgehead atoms. The molecule has 9 rings (SSSR count). The topological polar surface area (TPSA) is 30.7 Å². The van der Waals surface area contributed by atoms with Crippen LogP contribution in [0.4, 0.5) is 0 Å². The van der Waals surface area contributed by atoms with Gasteiger partial charge in [0.25, 0.3) is 0 Å². The zero-order valence-corrected chi connectivity index (χ0v) is 23.9. The van der Waals surface area contributed by atoms with Crippen LogP contribution in [0.1, 0.15) is 0 Å². The first-order valence-electron chi connectivity index (χ1n) is 14.9. The van der Waals surface area contributed by atoms with Gasteiger partial charge in [-0.2, -0.15) is 0 Å². The van der Waals surface area contributed by atoms with Crippen LogP contribution in [0.5, 0.6) is 0 Å². The van der Waals surface area contributed by atoms with E-state index in [0.29, 0.717) is 5.82 Å². The molecule has 2 aromatic heterocycles. The molecule has 6 aromatic carbocycles. The molecule has 0 saturated heterocycles. The maximum atomic E-state index is 4.92. The number of nitrogens with zero attached hydrogens (tertiary/aromatic N) is 3. The molecule has 0 saturated carbocycles. The molecule has 3 heterocycles. The Hall–Kier alpha value is -5.74.